The average molecular weight is 240 g/mol. The first-order valence-corrected chi connectivity index (χ1v) is 4.91. The molecule has 2 N–H and O–H groups in total. The Morgan fingerprint density at radius 1 is 1.59 bits per heavy atom. The largest absolute Gasteiger partial charge is 0.338 e. The van der Waals surface area contributed by atoms with E-state index in [0.29, 0.717) is 0 Å². The van der Waals surface area contributed by atoms with Gasteiger partial charge in [-0.2, -0.15) is 0 Å². The number of imidazole rings is 1. The van der Waals surface area contributed by atoms with Crippen LogP contribution in [0.2, 0.25) is 0 Å². The first-order valence-electron chi connectivity index (χ1n) is 4.91. The molecule has 0 aliphatic rings. The lowest BCUT2D eigenvalue weighted by molar-refractivity contribution is 0.0997. The van der Waals surface area contributed by atoms with Gasteiger partial charge >= 0.3 is 0 Å². The Bertz CT molecular complexity index is 492. The van der Waals surface area contributed by atoms with Gasteiger partial charge in [-0.05, 0) is 12.1 Å². The van der Waals surface area contributed by atoms with Crippen LogP contribution in [0.1, 0.15) is 10.5 Å². The Morgan fingerprint density at radius 2 is 2.41 bits per heavy atom. The predicted molar refractivity (Wildman–Crippen MR) is 57.0 cm³/mol. The molecule has 0 saturated heterocycles. The fourth-order valence-corrected chi connectivity index (χ4v) is 1.43. The van der Waals surface area contributed by atoms with Gasteiger partial charge in [0.2, 0.25) is 5.95 Å². The van der Waals surface area contributed by atoms with Crippen molar-refractivity contribution in [2.75, 3.05) is 5.32 Å². The van der Waals surface area contributed by atoms with E-state index in [0.717, 1.165) is 0 Å². The first kappa shape index (κ1) is 11.3. The van der Waals surface area contributed by atoms with Crippen LogP contribution in [0.15, 0.2) is 30.7 Å². The van der Waals surface area contributed by atoms with Gasteiger partial charge in [0.15, 0.2) is 0 Å². The monoisotopic (exact) mass is 240 g/mol. The summed E-state index contributed by atoms with van der Waals surface area (Å²) in [6.45, 7) is -0.506. The van der Waals surface area contributed by atoms with Gasteiger partial charge < -0.3 is 9.55 Å². The number of carbonyl (C=O) groups is 1. The maximum absolute atomic E-state index is 12.2. The Kier molecular flexibility index (Phi) is 3.17. The van der Waals surface area contributed by atoms with Gasteiger partial charge in [-0.3, -0.25) is 10.1 Å². The zero-order chi connectivity index (χ0) is 12.3. The number of nitrogens with zero attached hydrogens (tertiary/aromatic N) is 2. The number of carbonyl (C=O) groups excluding carboxylic acids is 1. The minimum absolute atomic E-state index is 0.168. The summed E-state index contributed by atoms with van der Waals surface area (Å²) in [4.78, 5) is 18.2. The molecule has 0 saturated carbocycles. The average Bonchev–Trinajstić information content (AvgIpc) is 2.87. The minimum Gasteiger partial charge on any atom is -0.338 e. The number of alkyl halides is 2. The summed E-state index contributed by atoms with van der Waals surface area (Å²) in [7, 11) is 0. The second kappa shape index (κ2) is 4.77. The predicted octanol–water partition coefficient (Wildman–Crippen LogP) is 1.73. The third-order valence-corrected chi connectivity index (χ3v) is 2.13. The lowest BCUT2D eigenvalue weighted by Crippen LogP contribution is -2.19. The van der Waals surface area contributed by atoms with E-state index in [1.54, 1.807) is 12.3 Å². The van der Waals surface area contributed by atoms with Crippen LogP contribution in [0.3, 0.4) is 0 Å². The van der Waals surface area contributed by atoms with Gasteiger partial charge in [-0.1, -0.05) is 0 Å². The molecule has 90 valence electrons. The highest BCUT2D eigenvalue weighted by Gasteiger charge is 2.14. The lowest BCUT2D eigenvalue weighted by atomic mass is 10.4. The van der Waals surface area contributed by atoms with E-state index >= 15 is 0 Å². The second-order valence-corrected chi connectivity index (χ2v) is 3.33. The van der Waals surface area contributed by atoms with Gasteiger partial charge in [-0.15, -0.1) is 0 Å². The molecule has 0 unspecified atom stereocenters. The van der Waals surface area contributed by atoms with E-state index in [1.165, 1.54) is 23.0 Å². The number of aromatic amines is 1. The SMILES string of the molecule is O=C(Nc1ncc[nH]1)c1cccn1CC(F)F. The standard InChI is InChI=1S/C10H10F2N4O/c11-8(12)6-16-5-1-2-7(16)9(17)15-10-13-3-4-14-10/h1-5,8H,6H2,(H2,13,14,15,17). The van der Waals surface area contributed by atoms with E-state index in [1.807, 2.05) is 0 Å². The zero-order valence-electron chi connectivity index (χ0n) is 8.73. The van der Waals surface area contributed by atoms with E-state index in [9.17, 15) is 13.6 Å². The van der Waals surface area contributed by atoms with Crippen LogP contribution in [0, 0.1) is 0 Å². The van der Waals surface area contributed by atoms with Crippen molar-refractivity contribution in [2.24, 2.45) is 0 Å². The van der Waals surface area contributed by atoms with Crippen LogP contribution in [0.5, 0.6) is 0 Å². The molecule has 1 amide bonds. The molecule has 0 fully saturated rings. The fourth-order valence-electron chi connectivity index (χ4n) is 1.43. The normalized spacial score (nSPS) is 10.8. The molecule has 0 aliphatic carbocycles. The summed E-state index contributed by atoms with van der Waals surface area (Å²) in [6.07, 6.45) is 1.96. The number of anilines is 1. The molecule has 0 spiro atoms. The van der Waals surface area contributed by atoms with Crippen molar-refractivity contribution in [1.82, 2.24) is 14.5 Å². The Morgan fingerprint density at radius 3 is 3.06 bits per heavy atom. The molecule has 7 heteroatoms. The fraction of sp³-hybridized carbons (Fsp3) is 0.200. The third-order valence-electron chi connectivity index (χ3n) is 2.13. The molecule has 2 aromatic heterocycles. The van der Waals surface area contributed by atoms with Gasteiger partial charge in [0.25, 0.3) is 12.3 Å². The maximum Gasteiger partial charge on any atom is 0.274 e. The topological polar surface area (TPSA) is 62.7 Å². The molecule has 0 aromatic carbocycles. The Labute approximate surface area is 95.5 Å². The molecule has 17 heavy (non-hydrogen) atoms. The number of aromatic nitrogens is 3. The van der Waals surface area contributed by atoms with E-state index in [2.05, 4.69) is 15.3 Å². The summed E-state index contributed by atoms with van der Waals surface area (Å²) < 4.78 is 25.7. The summed E-state index contributed by atoms with van der Waals surface area (Å²) >= 11 is 0. The van der Waals surface area contributed by atoms with E-state index in [4.69, 9.17) is 0 Å². The Hall–Kier alpha value is -2.18. The van der Waals surface area contributed by atoms with Crippen molar-refractivity contribution in [1.29, 1.82) is 0 Å². The highest BCUT2D eigenvalue weighted by molar-refractivity contribution is 6.02. The van der Waals surface area contributed by atoms with E-state index in [-0.39, 0.29) is 11.6 Å². The van der Waals surface area contributed by atoms with Crippen molar-refractivity contribution < 1.29 is 13.6 Å². The maximum atomic E-state index is 12.2. The number of hydrogen-bond acceptors (Lipinski definition) is 2. The summed E-state index contributed by atoms with van der Waals surface area (Å²) in [5.74, 6) is -0.203. The molecule has 2 heterocycles. The molecule has 2 rings (SSSR count). The van der Waals surface area contributed by atoms with Crippen LogP contribution in [-0.4, -0.2) is 26.9 Å². The first-order chi connectivity index (χ1) is 8.16. The molecular weight excluding hydrogens is 230 g/mol. The summed E-state index contributed by atoms with van der Waals surface area (Å²) in [5, 5.41) is 2.47. The van der Waals surface area contributed by atoms with Gasteiger partial charge in [0.1, 0.15) is 5.69 Å². The van der Waals surface area contributed by atoms with Crippen LogP contribution in [0.25, 0.3) is 0 Å². The molecular formula is C10H10F2N4O. The van der Waals surface area contributed by atoms with Crippen molar-refractivity contribution in [2.45, 2.75) is 13.0 Å². The van der Waals surface area contributed by atoms with Crippen LogP contribution in [0.4, 0.5) is 14.7 Å². The smallest absolute Gasteiger partial charge is 0.274 e. The number of H-pyrrole nitrogens is 1. The second-order valence-electron chi connectivity index (χ2n) is 3.33. The molecule has 0 aliphatic heterocycles. The number of rotatable bonds is 4. The molecule has 5 nitrogen and oxygen atoms in total. The quantitative estimate of drug-likeness (QED) is 0.854. The van der Waals surface area contributed by atoms with E-state index < -0.39 is 18.9 Å². The van der Waals surface area contributed by atoms with Crippen molar-refractivity contribution >= 4 is 11.9 Å². The molecule has 0 atom stereocenters. The third kappa shape index (κ3) is 2.68. The number of amides is 1. The van der Waals surface area contributed by atoms with Gasteiger partial charge in [0, 0.05) is 18.6 Å². The number of halogens is 2. The number of hydrogen-bond donors (Lipinski definition) is 2. The van der Waals surface area contributed by atoms with Crippen LogP contribution >= 0.6 is 0 Å². The van der Waals surface area contributed by atoms with Gasteiger partial charge in [0.05, 0.1) is 6.54 Å². The van der Waals surface area contributed by atoms with Crippen molar-refractivity contribution in [3.63, 3.8) is 0 Å². The Balaban J connectivity index is 2.11. The van der Waals surface area contributed by atoms with Crippen molar-refractivity contribution in [3.8, 4) is 0 Å². The lowest BCUT2D eigenvalue weighted by Gasteiger charge is -2.07. The summed E-state index contributed by atoms with van der Waals surface area (Å²) in [6, 6.07) is 3.01. The highest BCUT2D eigenvalue weighted by atomic mass is 19.3. The summed E-state index contributed by atoms with van der Waals surface area (Å²) in [5.41, 5.74) is 0.168. The van der Waals surface area contributed by atoms with Crippen molar-refractivity contribution in [3.05, 3.63) is 36.4 Å². The molecule has 0 bridgehead atoms. The number of nitrogens with one attached hydrogen (secondary N) is 2. The van der Waals surface area contributed by atoms with Crippen LogP contribution in [-0.2, 0) is 6.54 Å². The molecule has 0 radical (unpaired) electrons. The highest BCUT2D eigenvalue weighted by Crippen LogP contribution is 2.08. The zero-order valence-corrected chi connectivity index (χ0v) is 8.73. The molecule has 2 aromatic rings. The minimum atomic E-state index is -2.50. The van der Waals surface area contributed by atoms with Gasteiger partial charge in [-0.25, -0.2) is 13.8 Å². The van der Waals surface area contributed by atoms with Crippen LogP contribution < -0.4 is 5.32 Å².